The molecule has 0 spiro atoms. The van der Waals surface area contributed by atoms with E-state index in [1.54, 1.807) is 29.3 Å². The summed E-state index contributed by atoms with van der Waals surface area (Å²) < 4.78 is 1.68. The number of aliphatic hydroxyl groups excluding tert-OH is 1. The Bertz CT molecular complexity index is 368. The van der Waals surface area contributed by atoms with Crippen molar-refractivity contribution in [1.82, 2.24) is 14.6 Å². The minimum atomic E-state index is 0.00912. The van der Waals surface area contributed by atoms with Crippen molar-refractivity contribution >= 4 is 5.52 Å². The zero-order valence-corrected chi connectivity index (χ0v) is 5.81. The first-order valence-electron chi connectivity index (χ1n) is 3.29. The van der Waals surface area contributed by atoms with E-state index >= 15 is 0 Å². The molecule has 0 aliphatic carbocycles. The van der Waals surface area contributed by atoms with Gasteiger partial charge < -0.3 is 5.11 Å². The minimum absolute atomic E-state index is 0.00912. The van der Waals surface area contributed by atoms with Gasteiger partial charge in [-0.15, -0.1) is 0 Å². The van der Waals surface area contributed by atoms with Crippen molar-refractivity contribution in [2.24, 2.45) is 0 Å². The van der Waals surface area contributed by atoms with Crippen LogP contribution in [-0.2, 0) is 6.61 Å². The van der Waals surface area contributed by atoms with Crippen LogP contribution in [0.15, 0.2) is 24.8 Å². The molecule has 0 unspecified atom stereocenters. The van der Waals surface area contributed by atoms with Crippen molar-refractivity contribution in [3.63, 3.8) is 0 Å². The summed E-state index contributed by atoms with van der Waals surface area (Å²) in [5.74, 6) is 0. The van der Waals surface area contributed by atoms with E-state index in [-0.39, 0.29) is 6.61 Å². The van der Waals surface area contributed by atoms with Crippen molar-refractivity contribution < 1.29 is 5.11 Å². The third-order valence-corrected chi connectivity index (χ3v) is 1.57. The SMILES string of the molecule is OCc1cnn2ccncc12. The van der Waals surface area contributed by atoms with Crippen LogP contribution in [0.3, 0.4) is 0 Å². The molecule has 2 heterocycles. The van der Waals surface area contributed by atoms with Gasteiger partial charge in [-0.1, -0.05) is 0 Å². The Kier molecular flexibility index (Phi) is 1.33. The zero-order valence-electron chi connectivity index (χ0n) is 5.81. The highest BCUT2D eigenvalue weighted by molar-refractivity contribution is 5.50. The molecule has 2 aromatic heterocycles. The molecule has 1 N–H and O–H groups in total. The number of hydrogen-bond acceptors (Lipinski definition) is 3. The third kappa shape index (κ3) is 0.877. The Morgan fingerprint density at radius 3 is 3.18 bits per heavy atom. The van der Waals surface area contributed by atoms with Gasteiger partial charge in [0.15, 0.2) is 0 Å². The number of hydrogen-bond donors (Lipinski definition) is 1. The lowest BCUT2D eigenvalue weighted by molar-refractivity contribution is 0.283. The van der Waals surface area contributed by atoms with E-state index in [9.17, 15) is 0 Å². The smallest absolute Gasteiger partial charge is 0.0900 e. The molecule has 0 aliphatic rings. The van der Waals surface area contributed by atoms with Gasteiger partial charge in [-0.05, 0) is 0 Å². The summed E-state index contributed by atoms with van der Waals surface area (Å²) in [5.41, 5.74) is 1.66. The second-order valence-electron chi connectivity index (χ2n) is 2.23. The molecular weight excluding hydrogens is 142 g/mol. The van der Waals surface area contributed by atoms with Gasteiger partial charge in [-0.3, -0.25) is 4.98 Å². The van der Waals surface area contributed by atoms with Crippen molar-refractivity contribution in [3.05, 3.63) is 30.4 Å². The van der Waals surface area contributed by atoms with Crippen LogP contribution in [0.2, 0.25) is 0 Å². The van der Waals surface area contributed by atoms with Crippen LogP contribution >= 0.6 is 0 Å². The molecule has 0 amide bonds. The van der Waals surface area contributed by atoms with Crippen molar-refractivity contribution in [2.75, 3.05) is 0 Å². The minimum Gasteiger partial charge on any atom is -0.392 e. The zero-order chi connectivity index (χ0) is 7.68. The normalized spacial score (nSPS) is 10.6. The lowest BCUT2D eigenvalue weighted by Crippen LogP contribution is -1.87. The molecule has 0 fully saturated rings. The Balaban J connectivity index is 2.76. The molecule has 0 aromatic carbocycles. The Hall–Kier alpha value is -1.42. The molecule has 2 rings (SSSR count). The van der Waals surface area contributed by atoms with Crippen LogP contribution in [0.4, 0.5) is 0 Å². The van der Waals surface area contributed by atoms with Crippen LogP contribution < -0.4 is 0 Å². The van der Waals surface area contributed by atoms with Gasteiger partial charge in [0, 0.05) is 18.0 Å². The summed E-state index contributed by atoms with van der Waals surface area (Å²) in [5, 5.41) is 12.8. The largest absolute Gasteiger partial charge is 0.392 e. The summed E-state index contributed by atoms with van der Waals surface area (Å²) in [6, 6.07) is 0. The summed E-state index contributed by atoms with van der Waals surface area (Å²) in [7, 11) is 0. The molecule has 0 radical (unpaired) electrons. The summed E-state index contributed by atoms with van der Waals surface area (Å²) in [6.07, 6.45) is 6.71. The third-order valence-electron chi connectivity index (χ3n) is 1.57. The fraction of sp³-hybridized carbons (Fsp3) is 0.143. The number of fused-ring (bicyclic) bond motifs is 1. The fourth-order valence-electron chi connectivity index (χ4n) is 1.01. The van der Waals surface area contributed by atoms with Crippen LogP contribution in [0, 0.1) is 0 Å². The van der Waals surface area contributed by atoms with E-state index in [1.807, 2.05) is 0 Å². The van der Waals surface area contributed by atoms with Gasteiger partial charge >= 0.3 is 0 Å². The van der Waals surface area contributed by atoms with E-state index in [2.05, 4.69) is 10.1 Å². The Morgan fingerprint density at radius 1 is 1.45 bits per heavy atom. The number of rotatable bonds is 1. The predicted molar refractivity (Wildman–Crippen MR) is 38.9 cm³/mol. The second-order valence-corrected chi connectivity index (χ2v) is 2.23. The summed E-state index contributed by atoms with van der Waals surface area (Å²) >= 11 is 0. The predicted octanol–water partition coefficient (Wildman–Crippen LogP) is 0.222. The number of aromatic nitrogens is 3. The van der Waals surface area contributed by atoms with E-state index in [1.165, 1.54) is 0 Å². The van der Waals surface area contributed by atoms with Gasteiger partial charge in [0.05, 0.1) is 24.5 Å². The molecule has 2 aromatic rings. The average molecular weight is 149 g/mol. The van der Waals surface area contributed by atoms with Crippen LogP contribution in [0.1, 0.15) is 5.56 Å². The molecule has 0 bridgehead atoms. The van der Waals surface area contributed by atoms with E-state index in [0.717, 1.165) is 11.1 Å². The molecule has 4 nitrogen and oxygen atoms in total. The Labute approximate surface area is 63.1 Å². The topological polar surface area (TPSA) is 50.4 Å². The molecule has 0 atom stereocenters. The van der Waals surface area contributed by atoms with Gasteiger partial charge in [-0.2, -0.15) is 5.10 Å². The molecule has 0 saturated heterocycles. The highest BCUT2D eigenvalue weighted by atomic mass is 16.3. The first-order valence-corrected chi connectivity index (χ1v) is 3.29. The van der Waals surface area contributed by atoms with Crippen molar-refractivity contribution in [1.29, 1.82) is 0 Å². The van der Waals surface area contributed by atoms with Crippen LogP contribution in [-0.4, -0.2) is 19.7 Å². The standard InChI is InChI=1S/C7H7N3O/c11-5-6-3-9-10-2-1-8-4-7(6)10/h1-4,11H,5H2. The monoisotopic (exact) mass is 149 g/mol. The lowest BCUT2D eigenvalue weighted by atomic mass is 10.3. The first kappa shape index (κ1) is 6.30. The molecule has 4 heteroatoms. The Morgan fingerprint density at radius 2 is 2.36 bits per heavy atom. The molecule has 56 valence electrons. The maximum Gasteiger partial charge on any atom is 0.0900 e. The highest BCUT2D eigenvalue weighted by Crippen LogP contribution is 2.06. The van der Waals surface area contributed by atoms with Crippen LogP contribution in [0.5, 0.6) is 0 Å². The highest BCUT2D eigenvalue weighted by Gasteiger charge is 1.99. The molecular formula is C7H7N3O. The molecule has 11 heavy (non-hydrogen) atoms. The maximum absolute atomic E-state index is 8.84. The summed E-state index contributed by atoms with van der Waals surface area (Å²) in [6.45, 7) is 0.00912. The first-order chi connectivity index (χ1) is 5.42. The molecule has 0 saturated carbocycles. The van der Waals surface area contributed by atoms with Gasteiger partial charge in [0.25, 0.3) is 0 Å². The van der Waals surface area contributed by atoms with Crippen molar-refractivity contribution in [2.45, 2.75) is 6.61 Å². The number of nitrogens with zero attached hydrogens (tertiary/aromatic N) is 3. The summed E-state index contributed by atoms with van der Waals surface area (Å²) in [4.78, 5) is 3.92. The van der Waals surface area contributed by atoms with E-state index in [0.29, 0.717) is 0 Å². The lowest BCUT2D eigenvalue weighted by Gasteiger charge is -1.91. The van der Waals surface area contributed by atoms with E-state index in [4.69, 9.17) is 5.11 Å². The van der Waals surface area contributed by atoms with Crippen molar-refractivity contribution in [3.8, 4) is 0 Å². The fourth-order valence-corrected chi connectivity index (χ4v) is 1.01. The average Bonchev–Trinajstić information content (AvgIpc) is 2.47. The van der Waals surface area contributed by atoms with Crippen LogP contribution in [0.25, 0.3) is 5.52 Å². The quantitative estimate of drug-likeness (QED) is 0.631. The van der Waals surface area contributed by atoms with E-state index < -0.39 is 0 Å². The maximum atomic E-state index is 8.84. The molecule has 0 aliphatic heterocycles. The van der Waals surface area contributed by atoms with Gasteiger partial charge in [0.1, 0.15) is 0 Å². The van der Waals surface area contributed by atoms with Gasteiger partial charge in [-0.25, -0.2) is 4.52 Å². The van der Waals surface area contributed by atoms with Gasteiger partial charge in [0.2, 0.25) is 0 Å². The second kappa shape index (κ2) is 2.32. The number of aliphatic hydroxyl groups is 1.